The minimum absolute atomic E-state index is 0.0705. The zero-order chi connectivity index (χ0) is 12.3. The Labute approximate surface area is 90.5 Å². The van der Waals surface area contributed by atoms with Crippen molar-refractivity contribution in [2.45, 2.75) is 12.8 Å². The predicted molar refractivity (Wildman–Crippen MR) is 55.0 cm³/mol. The normalized spacial score (nSPS) is 10.4. The number of primary amides is 1. The van der Waals surface area contributed by atoms with Gasteiger partial charge in [-0.3, -0.25) is 9.36 Å². The monoisotopic (exact) mass is 225 g/mol. The first-order chi connectivity index (χ1) is 7.41. The lowest BCUT2D eigenvalue weighted by atomic mass is 10.2. The van der Waals surface area contributed by atoms with Crippen molar-refractivity contribution in [1.82, 2.24) is 9.55 Å². The summed E-state index contributed by atoms with van der Waals surface area (Å²) in [7, 11) is 0. The second-order valence-corrected chi connectivity index (χ2v) is 3.07. The quantitative estimate of drug-likeness (QED) is 0.406. The number of rotatable bonds is 4. The molecule has 0 saturated heterocycles. The van der Waals surface area contributed by atoms with E-state index in [-0.39, 0.29) is 17.8 Å². The van der Waals surface area contributed by atoms with Gasteiger partial charge in [0.15, 0.2) is 6.29 Å². The maximum absolute atomic E-state index is 11.3. The van der Waals surface area contributed by atoms with Crippen LogP contribution in [-0.4, -0.2) is 32.0 Å². The van der Waals surface area contributed by atoms with Crippen LogP contribution in [0.25, 0.3) is 5.57 Å². The van der Waals surface area contributed by atoms with Gasteiger partial charge in [-0.15, -0.1) is 0 Å². The van der Waals surface area contributed by atoms with Crippen LogP contribution in [0, 0.1) is 0 Å². The number of hydrogen-bond acceptors (Lipinski definition) is 5. The summed E-state index contributed by atoms with van der Waals surface area (Å²) in [5, 5.41) is 17.3. The molecule has 1 heterocycles. The molecular formula is C9H11N3O4. The van der Waals surface area contributed by atoms with Gasteiger partial charge in [0.2, 0.25) is 5.91 Å². The van der Waals surface area contributed by atoms with E-state index in [1.165, 1.54) is 12.3 Å². The number of aromatic nitrogens is 2. The third-order valence-corrected chi connectivity index (χ3v) is 1.84. The van der Waals surface area contributed by atoms with Crippen molar-refractivity contribution in [2.24, 2.45) is 5.73 Å². The van der Waals surface area contributed by atoms with E-state index < -0.39 is 17.9 Å². The number of aliphatic hydroxyl groups excluding tert-OH is 1. The van der Waals surface area contributed by atoms with E-state index >= 15 is 0 Å². The summed E-state index contributed by atoms with van der Waals surface area (Å²) in [6, 6.07) is 1.34. The van der Waals surface area contributed by atoms with Gasteiger partial charge in [-0.1, -0.05) is 6.58 Å². The topological polar surface area (TPSA) is 118 Å². The van der Waals surface area contributed by atoms with E-state index in [0.29, 0.717) is 0 Å². The minimum Gasteiger partial charge on any atom is -0.367 e. The fraction of sp³-hybridized carbons (Fsp3) is 0.222. The molecular weight excluding hydrogens is 214 g/mol. The average molecular weight is 225 g/mol. The molecule has 4 N–H and O–H groups in total. The highest BCUT2D eigenvalue weighted by Crippen LogP contribution is 2.05. The van der Waals surface area contributed by atoms with Crippen molar-refractivity contribution in [3.05, 3.63) is 35.0 Å². The van der Waals surface area contributed by atoms with Crippen molar-refractivity contribution in [3.63, 3.8) is 0 Å². The molecule has 0 saturated carbocycles. The Balaban J connectivity index is 3.04. The smallest absolute Gasteiger partial charge is 0.348 e. The average Bonchev–Trinajstić information content (AvgIpc) is 2.19. The lowest BCUT2D eigenvalue weighted by molar-refractivity contribution is -0.112. The first-order valence-electron chi connectivity index (χ1n) is 4.34. The molecule has 0 aromatic carbocycles. The first kappa shape index (κ1) is 12.1. The van der Waals surface area contributed by atoms with Crippen LogP contribution in [0.2, 0.25) is 0 Å². The molecule has 0 fully saturated rings. The number of hydrogen-bond donors (Lipinski definition) is 3. The van der Waals surface area contributed by atoms with Gasteiger partial charge in [-0.2, -0.15) is 4.98 Å². The van der Waals surface area contributed by atoms with E-state index in [1.54, 1.807) is 0 Å². The Morgan fingerprint density at radius 3 is 2.69 bits per heavy atom. The molecule has 0 radical (unpaired) electrons. The summed E-state index contributed by atoms with van der Waals surface area (Å²) in [6.07, 6.45) is -0.372. The number of aliphatic hydroxyl groups is 2. The molecule has 1 aromatic heterocycles. The van der Waals surface area contributed by atoms with Gasteiger partial charge < -0.3 is 15.9 Å². The summed E-state index contributed by atoms with van der Waals surface area (Å²) >= 11 is 0. The highest BCUT2D eigenvalue weighted by Gasteiger charge is 2.09. The Kier molecular flexibility index (Phi) is 3.54. The number of carbonyl (C=O) groups is 1. The van der Waals surface area contributed by atoms with E-state index in [0.717, 1.165) is 4.57 Å². The molecule has 1 amide bonds. The fourth-order valence-corrected chi connectivity index (χ4v) is 1.04. The molecule has 0 aliphatic heterocycles. The van der Waals surface area contributed by atoms with Crippen LogP contribution >= 0.6 is 0 Å². The van der Waals surface area contributed by atoms with E-state index in [2.05, 4.69) is 11.6 Å². The number of carbonyl (C=O) groups excluding carboxylic acids is 1. The molecule has 7 heteroatoms. The van der Waals surface area contributed by atoms with Crippen LogP contribution < -0.4 is 11.4 Å². The molecule has 0 spiro atoms. The highest BCUT2D eigenvalue weighted by atomic mass is 16.5. The van der Waals surface area contributed by atoms with E-state index in [1.807, 2.05) is 0 Å². The third kappa shape index (κ3) is 2.75. The van der Waals surface area contributed by atoms with Crippen LogP contribution in [0.4, 0.5) is 0 Å². The molecule has 1 rings (SSSR count). The van der Waals surface area contributed by atoms with Crippen LogP contribution in [-0.2, 0) is 11.3 Å². The molecule has 0 aliphatic rings. The minimum atomic E-state index is -1.65. The third-order valence-electron chi connectivity index (χ3n) is 1.84. The molecule has 0 aliphatic carbocycles. The summed E-state index contributed by atoms with van der Waals surface area (Å²) in [5.74, 6) is -0.771. The Hall–Kier alpha value is -1.99. The molecule has 0 unspecified atom stereocenters. The highest BCUT2D eigenvalue weighted by molar-refractivity contribution is 6.17. The predicted octanol–water partition coefficient (Wildman–Crippen LogP) is -1.95. The van der Waals surface area contributed by atoms with Crippen molar-refractivity contribution in [2.75, 3.05) is 0 Å². The lowest BCUT2D eigenvalue weighted by Crippen LogP contribution is -2.29. The van der Waals surface area contributed by atoms with E-state index in [9.17, 15) is 9.59 Å². The van der Waals surface area contributed by atoms with Gasteiger partial charge in [0.1, 0.15) is 0 Å². The summed E-state index contributed by atoms with van der Waals surface area (Å²) in [6.45, 7) is 3.08. The SMILES string of the molecule is C=C(C(N)=O)c1ccn(CC(O)O)c(=O)n1. The second kappa shape index (κ2) is 4.69. The number of nitrogens with two attached hydrogens (primary N) is 1. The van der Waals surface area contributed by atoms with Gasteiger partial charge >= 0.3 is 5.69 Å². The summed E-state index contributed by atoms with van der Waals surface area (Å²) < 4.78 is 0.989. The fourth-order valence-electron chi connectivity index (χ4n) is 1.04. The van der Waals surface area contributed by atoms with Crippen molar-refractivity contribution in [1.29, 1.82) is 0 Å². The van der Waals surface area contributed by atoms with Crippen LogP contribution in [0.3, 0.4) is 0 Å². The number of nitrogens with zero attached hydrogens (tertiary/aromatic N) is 2. The number of amides is 1. The molecule has 0 bridgehead atoms. The largest absolute Gasteiger partial charge is 0.367 e. The first-order valence-corrected chi connectivity index (χ1v) is 4.34. The maximum Gasteiger partial charge on any atom is 0.348 e. The molecule has 0 atom stereocenters. The molecule has 86 valence electrons. The molecule has 16 heavy (non-hydrogen) atoms. The Morgan fingerprint density at radius 1 is 1.62 bits per heavy atom. The van der Waals surface area contributed by atoms with Crippen LogP contribution in [0.15, 0.2) is 23.6 Å². The zero-order valence-electron chi connectivity index (χ0n) is 8.33. The van der Waals surface area contributed by atoms with Crippen LogP contribution in [0.5, 0.6) is 0 Å². The Bertz CT molecular complexity index is 478. The lowest BCUT2D eigenvalue weighted by Gasteiger charge is -2.07. The van der Waals surface area contributed by atoms with Gasteiger partial charge in [0, 0.05) is 6.20 Å². The van der Waals surface area contributed by atoms with Gasteiger partial charge in [-0.25, -0.2) is 4.79 Å². The zero-order valence-corrected chi connectivity index (χ0v) is 8.33. The van der Waals surface area contributed by atoms with Gasteiger partial charge in [0.05, 0.1) is 17.8 Å². The van der Waals surface area contributed by atoms with E-state index in [4.69, 9.17) is 15.9 Å². The van der Waals surface area contributed by atoms with Gasteiger partial charge in [-0.05, 0) is 6.07 Å². The van der Waals surface area contributed by atoms with Crippen molar-refractivity contribution >= 4 is 11.5 Å². The summed E-state index contributed by atoms with van der Waals surface area (Å²) in [5.41, 5.74) is 4.25. The van der Waals surface area contributed by atoms with Gasteiger partial charge in [0.25, 0.3) is 0 Å². The standard InChI is InChI=1S/C9H11N3O4/c1-5(8(10)15)6-2-3-12(4-7(13)14)9(16)11-6/h2-3,7,13-14H,1,4H2,(H2,10,15). The maximum atomic E-state index is 11.3. The van der Waals surface area contributed by atoms with Crippen molar-refractivity contribution in [3.8, 4) is 0 Å². The summed E-state index contributed by atoms with van der Waals surface area (Å²) in [4.78, 5) is 25.6. The van der Waals surface area contributed by atoms with Crippen molar-refractivity contribution < 1.29 is 15.0 Å². The molecule has 1 aromatic rings. The molecule has 7 nitrogen and oxygen atoms in total. The van der Waals surface area contributed by atoms with Crippen LogP contribution in [0.1, 0.15) is 5.69 Å². The second-order valence-electron chi connectivity index (χ2n) is 3.07. The Morgan fingerprint density at radius 2 is 2.25 bits per heavy atom.